The van der Waals surface area contributed by atoms with Gasteiger partial charge in [0, 0.05) is 6.42 Å². The molecule has 0 radical (unpaired) electrons. The highest BCUT2D eigenvalue weighted by atomic mass is 19.1. The number of amides is 1. The number of halogens is 1. The summed E-state index contributed by atoms with van der Waals surface area (Å²) in [5, 5.41) is 0. The van der Waals surface area contributed by atoms with Gasteiger partial charge >= 0.3 is 6.09 Å². The van der Waals surface area contributed by atoms with Crippen molar-refractivity contribution in [2.45, 2.75) is 38.7 Å². The first-order valence-electron chi connectivity index (χ1n) is 5.82. The molecule has 1 aromatic rings. The van der Waals surface area contributed by atoms with Gasteiger partial charge < -0.3 is 10.5 Å². The minimum absolute atomic E-state index is 0.224. The average Bonchev–Trinajstić information content (AvgIpc) is 2.28. The molecule has 0 aliphatic carbocycles. The highest BCUT2D eigenvalue weighted by Crippen LogP contribution is 2.13. The van der Waals surface area contributed by atoms with Crippen molar-refractivity contribution in [2.24, 2.45) is 5.73 Å². The van der Waals surface area contributed by atoms with Crippen molar-refractivity contribution >= 4 is 6.09 Å². The number of benzene rings is 1. The van der Waals surface area contributed by atoms with E-state index in [4.69, 9.17) is 10.5 Å². The zero-order chi connectivity index (χ0) is 12.7. The van der Waals surface area contributed by atoms with Crippen molar-refractivity contribution in [2.75, 3.05) is 0 Å². The fraction of sp³-hybridized carbons (Fsp3) is 0.462. The molecule has 17 heavy (non-hydrogen) atoms. The van der Waals surface area contributed by atoms with E-state index in [0.717, 1.165) is 24.8 Å². The lowest BCUT2D eigenvalue weighted by Gasteiger charge is -2.16. The summed E-state index contributed by atoms with van der Waals surface area (Å²) in [4.78, 5) is 10.8. The molecule has 0 bridgehead atoms. The van der Waals surface area contributed by atoms with Crippen molar-refractivity contribution < 1.29 is 13.9 Å². The lowest BCUT2D eigenvalue weighted by molar-refractivity contribution is 0.0997. The van der Waals surface area contributed by atoms with Gasteiger partial charge in [-0.3, -0.25) is 0 Å². The molecular formula is C13H18FNO2. The van der Waals surface area contributed by atoms with E-state index in [2.05, 4.69) is 6.92 Å². The van der Waals surface area contributed by atoms with Gasteiger partial charge in [0.25, 0.3) is 0 Å². The third-order valence-corrected chi connectivity index (χ3v) is 2.54. The van der Waals surface area contributed by atoms with E-state index in [9.17, 15) is 9.18 Å². The van der Waals surface area contributed by atoms with E-state index >= 15 is 0 Å². The molecule has 94 valence electrons. The molecule has 1 rings (SSSR count). The van der Waals surface area contributed by atoms with Crippen LogP contribution < -0.4 is 5.73 Å². The molecule has 0 spiro atoms. The number of carbonyl (C=O) groups is 1. The quantitative estimate of drug-likeness (QED) is 0.829. The Morgan fingerprint density at radius 1 is 1.41 bits per heavy atom. The number of unbranched alkanes of at least 4 members (excludes halogenated alkanes) is 1. The minimum Gasteiger partial charge on any atom is -0.446 e. The normalized spacial score (nSPS) is 12.1. The molecule has 0 fully saturated rings. The zero-order valence-electron chi connectivity index (χ0n) is 9.99. The Hall–Kier alpha value is -1.58. The topological polar surface area (TPSA) is 52.3 Å². The number of ether oxygens (including phenoxy) is 1. The maximum atomic E-state index is 12.7. The Kier molecular flexibility index (Phi) is 5.46. The molecule has 1 aromatic carbocycles. The predicted molar refractivity (Wildman–Crippen MR) is 64.1 cm³/mol. The molecule has 3 nitrogen and oxygen atoms in total. The summed E-state index contributed by atoms with van der Waals surface area (Å²) >= 11 is 0. The van der Waals surface area contributed by atoms with E-state index in [1.165, 1.54) is 12.1 Å². The largest absolute Gasteiger partial charge is 0.446 e. The van der Waals surface area contributed by atoms with Gasteiger partial charge in [-0.15, -0.1) is 0 Å². The minimum atomic E-state index is -0.756. The maximum absolute atomic E-state index is 12.7. The van der Waals surface area contributed by atoms with Crippen molar-refractivity contribution in [1.29, 1.82) is 0 Å². The molecule has 0 saturated carbocycles. The van der Waals surface area contributed by atoms with Gasteiger partial charge in [-0.25, -0.2) is 9.18 Å². The number of hydrogen-bond acceptors (Lipinski definition) is 2. The molecular weight excluding hydrogens is 221 g/mol. The number of hydrogen-bond donors (Lipinski definition) is 1. The fourth-order valence-corrected chi connectivity index (χ4v) is 1.68. The molecule has 2 N–H and O–H groups in total. The van der Waals surface area contributed by atoms with Crippen LogP contribution in [0.2, 0.25) is 0 Å². The first kappa shape index (κ1) is 13.5. The van der Waals surface area contributed by atoms with E-state index < -0.39 is 6.09 Å². The van der Waals surface area contributed by atoms with Gasteiger partial charge in [0.05, 0.1) is 0 Å². The third kappa shape index (κ3) is 5.33. The lowest BCUT2D eigenvalue weighted by atomic mass is 10.0. The molecule has 1 amide bonds. The maximum Gasteiger partial charge on any atom is 0.404 e. The van der Waals surface area contributed by atoms with Crippen LogP contribution in [0.1, 0.15) is 31.7 Å². The molecule has 1 atom stereocenters. The van der Waals surface area contributed by atoms with Gasteiger partial charge in [0.2, 0.25) is 0 Å². The van der Waals surface area contributed by atoms with E-state index in [-0.39, 0.29) is 11.9 Å². The summed E-state index contributed by atoms with van der Waals surface area (Å²) in [6.45, 7) is 2.07. The average molecular weight is 239 g/mol. The molecule has 1 unspecified atom stereocenters. The Balaban J connectivity index is 2.57. The molecule has 0 aliphatic rings. The predicted octanol–water partition coefficient (Wildman–Crippen LogP) is 3.02. The number of nitrogens with two attached hydrogens (primary N) is 1. The van der Waals surface area contributed by atoms with Gasteiger partial charge in [0.1, 0.15) is 11.9 Å². The Morgan fingerprint density at radius 3 is 2.59 bits per heavy atom. The van der Waals surface area contributed by atoms with Crippen molar-refractivity contribution in [1.82, 2.24) is 0 Å². The van der Waals surface area contributed by atoms with Crippen molar-refractivity contribution in [3.63, 3.8) is 0 Å². The highest BCUT2D eigenvalue weighted by Gasteiger charge is 2.12. The fourth-order valence-electron chi connectivity index (χ4n) is 1.68. The van der Waals surface area contributed by atoms with Crippen LogP contribution >= 0.6 is 0 Å². The van der Waals surface area contributed by atoms with Gasteiger partial charge in [0.15, 0.2) is 0 Å². The van der Waals surface area contributed by atoms with Gasteiger partial charge in [-0.05, 0) is 24.1 Å². The molecule has 0 aliphatic heterocycles. The molecule has 4 heteroatoms. The number of primary amides is 1. The molecule has 0 heterocycles. The highest BCUT2D eigenvalue weighted by molar-refractivity contribution is 5.64. The Bertz CT molecular complexity index is 351. The molecule has 0 aromatic heterocycles. The molecule has 0 saturated heterocycles. The summed E-state index contributed by atoms with van der Waals surface area (Å²) < 4.78 is 17.8. The lowest BCUT2D eigenvalue weighted by Crippen LogP contribution is -2.24. The van der Waals surface area contributed by atoms with Crippen LogP contribution in [0.25, 0.3) is 0 Å². The third-order valence-electron chi connectivity index (χ3n) is 2.54. The number of carbonyl (C=O) groups excluding carboxylic acids is 1. The summed E-state index contributed by atoms with van der Waals surface area (Å²) in [5.74, 6) is -0.269. The Morgan fingerprint density at radius 2 is 2.06 bits per heavy atom. The standard InChI is InChI=1S/C13H18FNO2/c1-2-3-4-12(17-13(15)16)9-10-5-7-11(14)8-6-10/h5-8,12H,2-4,9H2,1H3,(H2,15,16). The zero-order valence-corrected chi connectivity index (χ0v) is 9.99. The second-order valence-corrected chi connectivity index (χ2v) is 4.03. The van der Waals surface area contributed by atoms with Crippen LogP contribution in [0.5, 0.6) is 0 Å². The second-order valence-electron chi connectivity index (χ2n) is 4.03. The van der Waals surface area contributed by atoms with Crippen LogP contribution in [-0.2, 0) is 11.2 Å². The summed E-state index contributed by atoms with van der Waals surface area (Å²) in [5.41, 5.74) is 5.96. The summed E-state index contributed by atoms with van der Waals surface area (Å²) in [6.07, 6.45) is 2.37. The van der Waals surface area contributed by atoms with Crippen LogP contribution in [0, 0.1) is 5.82 Å². The summed E-state index contributed by atoms with van der Waals surface area (Å²) in [7, 11) is 0. The SMILES string of the molecule is CCCCC(Cc1ccc(F)cc1)OC(N)=O. The first-order valence-corrected chi connectivity index (χ1v) is 5.82. The van der Waals surface area contributed by atoms with Gasteiger partial charge in [-0.2, -0.15) is 0 Å². The van der Waals surface area contributed by atoms with E-state index in [0.29, 0.717) is 6.42 Å². The van der Waals surface area contributed by atoms with Crippen LogP contribution in [0.3, 0.4) is 0 Å². The van der Waals surface area contributed by atoms with Crippen molar-refractivity contribution in [3.05, 3.63) is 35.6 Å². The van der Waals surface area contributed by atoms with Crippen molar-refractivity contribution in [3.8, 4) is 0 Å². The van der Waals surface area contributed by atoms with E-state index in [1.54, 1.807) is 12.1 Å². The Labute approximate surface area is 101 Å². The number of rotatable bonds is 6. The van der Waals surface area contributed by atoms with E-state index in [1.807, 2.05) is 0 Å². The first-order chi connectivity index (χ1) is 8.11. The van der Waals surface area contributed by atoms with Crippen LogP contribution in [0.4, 0.5) is 9.18 Å². The van der Waals surface area contributed by atoms with Crippen LogP contribution in [-0.4, -0.2) is 12.2 Å². The summed E-state index contributed by atoms with van der Waals surface area (Å²) in [6, 6.07) is 6.18. The van der Waals surface area contributed by atoms with Gasteiger partial charge in [-0.1, -0.05) is 31.9 Å². The van der Waals surface area contributed by atoms with Crippen LogP contribution in [0.15, 0.2) is 24.3 Å². The smallest absolute Gasteiger partial charge is 0.404 e. The monoisotopic (exact) mass is 239 g/mol. The second kappa shape index (κ2) is 6.89.